The molecule has 0 saturated heterocycles. The molecule has 3 nitrogen and oxygen atoms in total. The highest BCUT2D eigenvalue weighted by Gasteiger charge is 2.08. The fraction of sp³-hybridized carbons (Fsp3) is 0.0714. The molecule has 0 fully saturated rings. The minimum atomic E-state index is -0.630. The lowest BCUT2D eigenvalue weighted by Crippen LogP contribution is -2.11. The van der Waals surface area contributed by atoms with Crippen molar-refractivity contribution in [2.24, 2.45) is 5.73 Å². The second kappa shape index (κ2) is 5.06. The van der Waals surface area contributed by atoms with E-state index in [9.17, 15) is 8.78 Å². The van der Waals surface area contributed by atoms with E-state index in [1.54, 1.807) is 6.92 Å². The summed E-state index contributed by atoms with van der Waals surface area (Å²) in [6, 6.07) is 8.14. The van der Waals surface area contributed by atoms with Crippen LogP contribution in [0, 0.1) is 24.0 Å². The first kappa shape index (κ1) is 13.0. The maximum atomic E-state index is 13.7. The number of ether oxygens (including phenoxy) is 1. The van der Waals surface area contributed by atoms with Gasteiger partial charge in [0, 0.05) is 5.56 Å². The van der Waals surface area contributed by atoms with Crippen molar-refractivity contribution < 1.29 is 13.5 Å². The largest absolute Gasteiger partial charge is 0.454 e. The molecule has 0 spiro atoms. The van der Waals surface area contributed by atoms with Crippen LogP contribution in [-0.4, -0.2) is 5.84 Å². The number of hydrogen-bond acceptors (Lipinski definition) is 2. The Morgan fingerprint density at radius 2 is 1.84 bits per heavy atom. The third-order valence-electron chi connectivity index (χ3n) is 2.60. The van der Waals surface area contributed by atoms with E-state index in [2.05, 4.69) is 0 Å². The standard InChI is InChI=1S/C14H12F2N2O/c1-8-6-10(3-4-11(8)15)19-13-5-2-9(14(17)18)7-12(13)16/h2-7H,1H3,(H3,17,18). The zero-order chi connectivity index (χ0) is 14.0. The molecule has 0 atom stereocenters. The molecule has 19 heavy (non-hydrogen) atoms. The van der Waals surface area contributed by atoms with Gasteiger partial charge < -0.3 is 10.5 Å². The van der Waals surface area contributed by atoms with Crippen LogP contribution in [0.5, 0.6) is 11.5 Å². The molecular formula is C14H12F2N2O. The number of nitrogens with one attached hydrogen (secondary N) is 1. The summed E-state index contributed by atoms with van der Waals surface area (Å²) in [6.07, 6.45) is 0. The molecule has 0 heterocycles. The Hall–Kier alpha value is -2.43. The van der Waals surface area contributed by atoms with Crippen LogP contribution < -0.4 is 10.5 Å². The molecule has 0 bridgehead atoms. The second-order valence-corrected chi connectivity index (χ2v) is 4.07. The number of amidine groups is 1. The van der Waals surface area contributed by atoms with Gasteiger partial charge in [-0.2, -0.15) is 0 Å². The van der Waals surface area contributed by atoms with Gasteiger partial charge in [-0.3, -0.25) is 5.41 Å². The summed E-state index contributed by atoms with van der Waals surface area (Å²) in [5, 5.41) is 7.20. The van der Waals surface area contributed by atoms with Crippen LogP contribution in [0.4, 0.5) is 8.78 Å². The Morgan fingerprint density at radius 3 is 2.42 bits per heavy atom. The Labute approximate surface area is 109 Å². The summed E-state index contributed by atoms with van der Waals surface area (Å²) in [4.78, 5) is 0. The van der Waals surface area contributed by atoms with Crippen molar-refractivity contribution in [3.63, 3.8) is 0 Å². The number of aryl methyl sites for hydroxylation is 1. The van der Waals surface area contributed by atoms with Crippen molar-refractivity contribution in [2.45, 2.75) is 6.92 Å². The highest BCUT2D eigenvalue weighted by atomic mass is 19.1. The Bertz CT molecular complexity index is 641. The molecule has 0 saturated carbocycles. The van der Waals surface area contributed by atoms with Crippen LogP contribution in [0.2, 0.25) is 0 Å². The Kier molecular flexibility index (Phi) is 3.46. The second-order valence-electron chi connectivity index (χ2n) is 4.07. The molecule has 3 N–H and O–H groups in total. The molecule has 2 aromatic carbocycles. The van der Waals surface area contributed by atoms with E-state index in [1.807, 2.05) is 0 Å². The minimum absolute atomic E-state index is 0.00370. The summed E-state index contributed by atoms with van der Waals surface area (Å²) < 4.78 is 32.1. The SMILES string of the molecule is Cc1cc(Oc2ccc(C(=N)N)cc2F)ccc1F. The molecule has 5 heteroatoms. The molecule has 0 unspecified atom stereocenters. The van der Waals surface area contributed by atoms with E-state index in [4.69, 9.17) is 15.9 Å². The monoisotopic (exact) mass is 262 g/mol. The number of rotatable bonds is 3. The minimum Gasteiger partial charge on any atom is -0.454 e. The molecule has 0 aromatic heterocycles. The molecule has 0 aliphatic carbocycles. The summed E-state index contributed by atoms with van der Waals surface area (Å²) in [5.41, 5.74) is 5.95. The van der Waals surface area contributed by atoms with E-state index in [-0.39, 0.29) is 23.0 Å². The highest BCUT2D eigenvalue weighted by molar-refractivity contribution is 5.95. The van der Waals surface area contributed by atoms with Crippen LogP contribution in [-0.2, 0) is 0 Å². The van der Waals surface area contributed by atoms with Gasteiger partial charge in [0.15, 0.2) is 11.6 Å². The van der Waals surface area contributed by atoms with Gasteiger partial charge in [-0.05, 0) is 48.9 Å². The van der Waals surface area contributed by atoms with Gasteiger partial charge in [-0.1, -0.05) is 0 Å². The Morgan fingerprint density at radius 1 is 1.11 bits per heavy atom. The predicted molar refractivity (Wildman–Crippen MR) is 68.6 cm³/mol. The molecule has 0 radical (unpaired) electrons. The average molecular weight is 262 g/mol. The van der Waals surface area contributed by atoms with Gasteiger partial charge in [0.1, 0.15) is 17.4 Å². The highest BCUT2D eigenvalue weighted by Crippen LogP contribution is 2.26. The summed E-state index contributed by atoms with van der Waals surface area (Å²) >= 11 is 0. The van der Waals surface area contributed by atoms with Crippen molar-refractivity contribution in [1.82, 2.24) is 0 Å². The molecular weight excluding hydrogens is 250 g/mol. The Balaban J connectivity index is 2.28. The van der Waals surface area contributed by atoms with E-state index in [1.165, 1.54) is 30.3 Å². The molecule has 0 aliphatic heterocycles. The fourth-order valence-electron chi connectivity index (χ4n) is 1.56. The number of nitrogen functional groups attached to an aromatic ring is 1. The van der Waals surface area contributed by atoms with Crippen molar-refractivity contribution in [1.29, 1.82) is 5.41 Å². The topological polar surface area (TPSA) is 59.1 Å². The van der Waals surface area contributed by atoms with Crippen molar-refractivity contribution >= 4 is 5.84 Å². The molecule has 0 aliphatic rings. The van der Waals surface area contributed by atoms with E-state index in [0.717, 1.165) is 6.07 Å². The number of nitrogens with two attached hydrogens (primary N) is 1. The number of halogens is 2. The van der Waals surface area contributed by atoms with Gasteiger partial charge in [-0.15, -0.1) is 0 Å². The number of hydrogen-bond donors (Lipinski definition) is 2. The van der Waals surface area contributed by atoms with Crippen molar-refractivity contribution in [3.05, 3.63) is 59.2 Å². The van der Waals surface area contributed by atoms with Crippen molar-refractivity contribution in [2.75, 3.05) is 0 Å². The normalized spacial score (nSPS) is 10.3. The summed E-state index contributed by atoms with van der Waals surface area (Å²) in [6.45, 7) is 1.59. The number of benzene rings is 2. The first-order valence-corrected chi connectivity index (χ1v) is 5.55. The maximum Gasteiger partial charge on any atom is 0.166 e. The maximum absolute atomic E-state index is 13.7. The van der Waals surface area contributed by atoms with Crippen LogP contribution in [0.15, 0.2) is 36.4 Å². The lowest BCUT2D eigenvalue weighted by molar-refractivity contribution is 0.440. The predicted octanol–water partition coefficient (Wildman–Crippen LogP) is 3.35. The lowest BCUT2D eigenvalue weighted by Gasteiger charge is -2.09. The summed E-state index contributed by atoms with van der Waals surface area (Å²) in [5.74, 6) is -0.859. The van der Waals surface area contributed by atoms with Crippen LogP contribution >= 0.6 is 0 Å². The zero-order valence-corrected chi connectivity index (χ0v) is 10.2. The quantitative estimate of drug-likeness (QED) is 0.658. The van der Waals surface area contributed by atoms with Gasteiger partial charge in [0.05, 0.1) is 0 Å². The van der Waals surface area contributed by atoms with Gasteiger partial charge in [0.25, 0.3) is 0 Å². The third kappa shape index (κ3) is 2.88. The van der Waals surface area contributed by atoms with E-state index >= 15 is 0 Å². The third-order valence-corrected chi connectivity index (χ3v) is 2.60. The van der Waals surface area contributed by atoms with Gasteiger partial charge in [0.2, 0.25) is 0 Å². The van der Waals surface area contributed by atoms with Crippen LogP contribution in [0.1, 0.15) is 11.1 Å². The van der Waals surface area contributed by atoms with Gasteiger partial charge in [-0.25, -0.2) is 8.78 Å². The van der Waals surface area contributed by atoms with Crippen LogP contribution in [0.25, 0.3) is 0 Å². The first-order chi connectivity index (χ1) is 8.97. The fourth-order valence-corrected chi connectivity index (χ4v) is 1.56. The van der Waals surface area contributed by atoms with Crippen molar-refractivity contribution in [3.8, 4) is 11.5 Å². The van der Waals surface area contributed by atoms with E-state index in [0.29, 0.717) is 11.3 Å². The molecule has 0 amide bonds. The molecule has 2 aromatic rings. The molecule has 2 rings (SSSR count). The summed E-state index contributed by atoms with van der Waals surface area (Å²) in [7, 11) is 0. The lowest BCUT2D eigenvalue weighted by atomic mass is 10.2. The smallest absolute Gasteiger partial charge is 0.166 e. The van der Waals surface area contributed by atoms with Crippen LogP contribution in [0.3, 0.4) is 0 Å². The average Bonchev–Trinajstić information content (AvgIpc) is 2.36. The zero-order valence-electron chi connectivity index (χ0n) is 10.2. The molecule has 98 valence electrons. The van der Waals surface area contributed by atoms with E-state index < -0.39 is 5.82 Å². The van der Waals surface area contributed by atoms with Gasteiger partial charge >= 0.3 is 0 Å². The first-order valence-electron chi connectivity index (χ1n) is 5.55.